The van der Waals surface area contributed by atoms with E-state index in [4.69, 9.17) is 0 Å². The van der Waals surface area contributed by atoms with Gasteiger partial charge in [0.2, 0.25) is 5.96 Å². The molecule has 0 spiro atoms. The van der Waals surface area contributed by atoms with Crippen LogP contribution in [0.3, 0.4) is 0 Å². The molecule has 5 nitrogen and oxygen atoms in total. The van der Waals surface area contributed by atoms with Crippen molar-refractivity contribution in [3.63, 3.8) is 0 Å². The van der Waals surface area contributed by atoms with E-state index in [9.17, 15) is 4.79 Å². The standard InChI is InChI=1S/C15H26N4O/c1-4-6-7-13-12(3)16-15(17-14(13)20)19-10-8-18(5-2)9-11-19/h13H,4-11H2,1-3H3. The van der Waals surface area contributed by atoms with Gasteiger partial charge in [0.1, 0.15) is 0 Å². The number of amides is 1. The van der Waals surface area contributed by atoms with Crippen LogP contribution in [0.25, 0.3) is 0 Å². The molecule has 0 N–H and O–H groups in total. The Balaban J connectivity index is 1.99. The van der Waals surface area contributed by atoms with Crippen LogP contribution >= 0.6 is 0 Å². The van der Waals surface area contributed by atoms with Gasteiger partial charge in [-0.05, 0) is 19.9 Å². The number of rotatable bonds is 4. The van der Waals surface area contributed by atoms with Crippen molar-refractivity contribution in [2.24, 2.45) is 15.9 Å². The first-order chi connectivity index (χ1) is 9.65. The molecule has 1 unspecified atom stereocenters. The minimum atomic E-state index is -0.0874. The zero-order chi connectivity index (χ0) is 14.5. The monoisotopic (exact) mass is 278 g/mol. The number of piperazine rings is 1. The minimum Gasteiger partial charge on any atom is -0.338 e. The Labute approximate surface area is 121 Å². The molecule has 0 aromatic heterocycles. The molecule has 1 amide bonds. The molecule has 0 radical (unpaired) electrons. The van der Waals surface area contributed by atoms with E-state index in [1.165, 1.54) is 0 Å². The summed E-state index contributed by atoms with van der Waals surface area (Å²) in [6.45, 7) is 11.2. The summed E-state index contributed by atoms with van der Waals surface area (Å²) in [5.74, 6) is 0.547. The number of hydrogen-bond donors (Lipinski definition) is 0. The maximum Gasteiger partial charge on any atom is 0.257 e. The van der Waals surface area contributed by atoms with E-state index in [1.54, 1.807) is 0 Å². The van der Waals surface area contributed by atoms with Crippen molar-refractivity contribution in [3.8, 4) is 0 Å². The van der Waals surface area contributed by atoms with Crippen LogP contribution in [0.1, 0.15) is 40.0 Å². The average Bonchev–Trinajstić information content (AvgIpc) is 2.46. The van der Waals surface area contributed by atoms with E-state index >= 15 is 0 Å². The molecule has 20 heavy (non-hydrogen) atoms. The lowest BCUT2D eigenvalue weighted by Crippen LogP contribution is -2.49. The highest BCUT2D eigenvalue weighted by molar-refractivity contribution is 6.14. The fraction of sp³-hybridized carbons (Fsp3) is 0.800. The third-order valence-electron chi connectivity index (χ3n) is 4.24. The van der Waals surface area contributed by atoms with Gasteiger partial charge in [-0.1, -0.05) is 26.7 Å². The molecule has 0 aliphatic carbocycles. The number of likely N-dealkylation sites (N-methyl/N-ethyl adjacent to an activating group) is 1. The number of carbonyl (C=O) groups is 1. The topological polar surface area (TPSA) is 48.3 Å². The van der Waals surface area contributed by atoms with E-state index in [-0.39, 0.29) is 11.8 Å². The van der Waals surface area contributed by atoms with Crippen LogP contribution in [0.5, 0.6) is 0 Å². The van der Waals surface area contributed by atoms with Crippen LogP contribution in [0.4, 0.5) is 0 Å². The number of nitrogens with zero attached hydrogens (tertiary/aromatic N) is 4. The smallest absolute Gasteiger partial charge is 0.257 e. The molecule has 2 aliphatic heterocycles. The summed E-state index contributed by atoms with van der Waals surface area (Å²) in [4.78, 5) is 25.6. The Hall–Kier alpha value is -1.23. The van der Waals surface area contributed by atoms with Gasteiger partial charge in [0.05, 0.1) is 5.92 Å². The second-order valence-corrected chi connectivity index (χ2v) is 5.62. The number of unbranched alkanes of at least 4 members (excludes halogenated alkanes) is 1. The van der Waals surface area contributed by atoms with Crippen LogP contribution in [0.2, 0.25) is 0 Å². The predicted molar refractivity (Wildman–Crippen MR) is 82.3 cm³/mol. The summed E-state index contributed by atoms with van der Waals surface area (Å²) in [6, 6.07) is 0. The van der Waals surface area contributed by atoms with E-state index in [0.29, 0.717) is 5.96 Å². The fourth-order valence-electron chi connectivity index (χ4n) is 2.76. The summed E-state index contributed by atoms with van der Waals surface area (Å²) < 4.78 is 0. The molecule has 2 aliphatic rings. The third-order valence-corrected chi connectivity index (χ3v) is 4.24. The molecule has 1 saturated heterocycles. The molecule has 2 heterocycles. The minimum absolute atomic E-state index is 0.00105. The zero-order valence-corrected chi connectivity index (χ0v) is 12.9. The Morgan fingerprint density at radius 3 is 2.40 bits per heavy atom. The first-order valence-corrected chi connectivity index (χ1v) is 7.80. The molecule has 112 valence electrons. The molecule has 1 atom stereocenters. The zero-order valence-electron chi connectivity index (χ0n) is 12.9. The lowest BCUT2D eigenvalue weighted by atomic mass is 9.96. The normalized spacial score (nSPS) is 24.6. The first kappa shape index (κ1) is 15.2. The van der Waals surface area contributed by atoms with Gasteiger partial charge in [0.15, 0.2) is 0 Å². The van der Waals surface area contributed by atoms with Gasteiger partial charge in [-0.2, -0.15) is 4.99 Å². The number of guanidine groups is 1. The summed E-state index contributed by atoms with van der Waals surface area (Å²) in [6.07, 6.45) is 3.04. The molecular formula is C15H26N4O. The number of aliphatic imine (C=N–C) groups is 2. The van der Waals surface area contributed by atoms with Gasteiger partial charge in [-0.25, -0.2) is 4.99 Å². The molecule has 0 aromatic rings. The van der Waals surface area contributed by atoms with Crippen LogP contribution in [0, 0.1) is 5.92 Å². The van der Waals surface area contributed by atoms with E-state index in [0.717, 1.165) is 57.7 Å². The van der Waals surface area contributed by atoms with Crippen molar-refractivity contribution in [1.82, 2.24) is 9.80 Å². The quantitative estimate of drug-likeness (QED) is 0.787. The highest BCUT2D eigenvalue weighted by Crippen LogP contribution is 2.18. The lowest BCUT2D eigenvalue weighted by molar-refractivity contribution is -0.120. The van der Waals surface area contributed by atoms with Gasteiger partial charge >= 0.3 is 0 Å². The van der Waals surface area contributed by atoms with Crippen LogP contribution in [0.15, 0.2) is 9.98 Å². The maximum absolute atomic E-state index is 12.2. The second kappa shape index (κ2) is 6.97. The van der Waals surface area contributed by atoms with Crippen molar-refractivity contribution >= 4 is 17.6 Å². The van der Waals surface area contributed by atoms with Gasteiger partial charge in [0.25, 0.3) is 5.91 Å². The maximum atomic E-state index is 12.2. The van der Waals surface area contributed by atoms with Crippen molar-refractivity contribution in [1.29, 1.82) is 0 Å². The summed E-state index contributed by atoms with van der Waals surface area (Å²) >= 11 is 0. The Morgan fingerprint density at radius 1 is 1.15 bits per heavy atom. The first-order valence-electron chi connectivity index (χ1n) is 7.80. The number of carbonyl (C=O) groups excluding carboxylic acids is 1. The van der Waals surface area contributed by atoms with Crippen LogP contribution < -0.4 is 0 Å². The Bertz CT molecular complexity index is 408. The SMILES string of the molecule is CCCCC1C(=O)N=C(N2CCN(CC)CC2)N=C1C. The fourth-order valence-corrected chi connectivity index (χ4v) is 2.76. The van der Waals surface area contributed by atoms with Crippen molar-refractivity contribution in [2.75, 3.05) is 32.7 Å². The molecule has 0 bridgehead atoms. The van der Waals surface area contributed by atoms with Gasteiger partial charge < -0.3 is 9.80 Å². The highest BCUT2D eigenvalue weighted by Gasteiger charge is 2.28. The number of hydrogen-bond acceptors (Lipinski definition) is 4. The van der Waals surface area contributed by atoms with E-state index in [1.807, 2.05) is 6.92 Å². The largest absolute Gasteiger partial charge is 0.338 e. The Kier molecular flexibility index (Phi) is 5.29. The average molecular weight is 278 g/mol. The van der Waals surface area contributed by atoms with Crippen molar-refractivity contribution < 1.29 is 4.79 Å². The van der Waals surface area contributed by atoms with Gasteiger partial charge in [-0.15, -0.1) is 0 Å². The van der Waals surface area contributed by atoms with E-state index < -0.39 is 0 Å². The van der Waals surface area contributed by atoms with Crippen LogP contribution in [-0.2, 0) is 4.79 Å². The summed E-state index contributed by atoms with van der Waals surface area (Å²) in [5, 5.41) is 0. The summed E-state index contributed by atoms with van der Waals surface area (Å²) in [5.41, 5.74) is 0.936. The highest BCUT2D eigenvalue weighted by atomic mass is 16.1. The van der Waals surface area contributed by atoms with Gasteiger partial charge in [0, 0.05) is 31.9 Å². The molecular weight excluding hydrogens is 252 g/mol. The molecule has 1 fully saturated rings. The van der Waals surface area contributed by atoms with E-state index in [2.05, 4.69) is 33.6 Å². The molecule has 0 aromatic carbocycles. The Morgan fingerprint density at radius 2 is 1.85 bits per heavy atom. The van der Waals surface area contributed by atoms with Crippen molar-refractivity contribution in [2.45, 2.75) is 40.0 Å². The van der Waals surface area contributed by atoms with Gasteiger partial charge in [-0.3, -0.25) is 4.79 Å². The molecule has 5 heteroatoms. The predicted octanol–water partition coefficient (Wildman–Crippen LogP) is 1.79. The summed E-state index contributed by atoms with van der Waals surface area (Å²) in [7, 11) is 0. The molecule has 2 rings (SSSR count). The van der Waals surface area contributed by atoms with Crippen molar-refractivity contribution in [3.05, 3.63) is 0 Å². The van der Waals surface area contributed by atoms with Crippen LogP contribution in [-0.4, -0.2) is 60.1 Å². The third kappa shape index (κ3) is 3.45. The molecule has 0 saturated carbocycles. The lowest BCUT2D eigenvalue weighted by Gasteiger charge is -2.35. The second-order valence-electron chi connectivity index (χ2n) is 5.62.